The summed E-state index contributed by atoms with van der Waals surface area (Å²) in [4.78, 5) is 12.0. The molecule has 24 heavy (non-hydrogen) atoms. The van der Waals surface area contributed by atoms with E-state index in [1.54, 1.807) is 7.11 Å². The number of fused-ring (bicyclic) bond motifs is 1. The molecule has 0 heterocycles. The van der Waals surface area contributed by atoms with Crippen LogP contribution in [0.1, 0.15) is 11.1 Å². The van der Waals surface area contributed by atoms with Crippen molar-refractivity contribution in [3.8, 4) is 5.75 Å². The molecule has 0 aliphatic rings. The summed E-state index contributed by atoms with van der Waals surface area (Å²) in [5, 5.41) is 7.93. The van der Waals surface area contributed by atoms with Gasteiger partial charge in [-0.25, -0.2) is 4.79 Å². The van der Waals surface area contributed by atoms with Crippen molar-refractivity contribution in [3.05, 3.63) is 71.8 Å². The number of hydrogen-bond donors (Lipinski definition) is 2. The summed E-state index contributed by atoms with van der Waals surface area (Å²) >= 11 is 0. The molecule has 2 amide bonds. The second-order valence-electron chi connectivity index (χ2n) is 5.72. The number of carbonyl (C=O) groups excluding carboxylic acids is 1. The molecule has 0 unspecified atom stereocenters. The topological polar surface area (TPSA) is 50.4 Å². The highest BCUT2D eigenvalue weighted by molar-refractivity contribution is 5.89. The number of amides is 2. The number of rotatable bonds is 4. The van der Waals surface area contributed by atoms with Crippen LogP contribution in [0.3, 0.4) is 0 Å². The van der Waals surface area contributed by atoms with Crippen molar-refractivity contribution in [1.82, 2.24) is 5.32 Å². The second kappa shape index (κ2) is 7.04. The van der Waals surface area contributed by atoms with Crippen LogP contribution >= 0.6 is 0 Å². The lowest BCUT2D eigenvalue weighted by Gasteiger charge is -2.09. The summed E-state index contributed by atoms with van der Waals surface area (Å²) in [5.74, 6) is 0.839. The Morgan fingerprint density at radius 1 is 0.958 bits per heavy atom. The molecule has 0 aliphatic carbocycles. The third-order valence-electron chi connectivity index (χ3n) is 3.87. The maximum absolute atomic E-state index is 12.0. The maximum atomic E-state index is 12.0. The normalized spacial score (nSPS) is 10.4. The van der Waals surface area contributed by atoms with Gasteiger partial charge in [-0.15, -0.1) is 0 Å². The number of nitrogens with one attached hydrogen (secondary N) is 2. The lowest BCUT2D eigenvalue weighted by atomic mass is 10.1. The summed E-state index contributed by atoms with van der Waals surface area (Å²) in [6.45, 7) is 2.48. The lowest BCUT2D eigenvalue weighted by Crippen LogP contribution is -2.28. The fraction of sp³-hybridized carbons (Fsp3) is 0.150. The number of benzene rings is 3. The van der Waals surface area contributed by atoms with Crippen molar-refractivity contribution in [2.24, 2.45) is 0 Å². The average molecular weight is 320 g/mol. The Labute approximate surface area is 141 Å². The van der Waals surface area contributed by atoms with Gasteiger partial charge in [0.05, 0.1) is 7.11 Å². The van der Waals surface area contributed by atoms with E-state index >= 15 is 0 Å². The monoisotopic (exact) mass is 320 g/mol. The first kappa shape index (κ1) is 15.9. The number of hydrogen-bond acceptors (Lipinski definition) is 2. The van der Waals surface area contributed by atoms with Crippen LogP contribution in [0.25, 0.3) is 10.8 Å². The molecule has 0 fully saturated rings. The zero-order valence-corrected chi connectivity index (χ0v) is 13.8. The first-order valence-corrected chi connectivity index (χ1v) is 7.82. The van der Waals surface area contributed by atoms with E-state index in [-0.39, 0.29) is 6.03 Å². The lowest BCUT2D eigenvalue weighted by molar-refractivity contribution is 0.251. The van der Waals surface area contributed by atoms with Gasteiger partial charge in [-0.05, 0) is 53.6 Å². The standard InChI is InChI=1S/C20H20N2O2/c1-14-3-8-18(9-4-14)22-20(23)21-13-15-5-6-17-12-19(24-2)10-7-16(17)11-15/h3-12H,13H2,1-2H3,(H2,21,22,23). The van der Waals surface area contributed by atoms with Gasteiger partial charge in [0.1, 0.15) is 5.75 Å². The van der Waals surface area contributed by atoms with Crippen LogP contribution in [0.2, 0.25) is 0 Å². The second-order valence-corrected chi connectivity index (χ2v) is 5.72. The molecule has 3 rings (SSSR count). The number of ether oxygens (including phenoxy) is 1. The van der Waals surface area contributed by atoms with E-state index in [4.69, 9.17) is 4.74 Å². The Bertz CT molecular complexity index is 857. The van der Waals surface area contributed by atoms with Crippen molar-refractivity contribution in [1.29, 1.82) is 0 Å². The fourth-order valence-corrected chi connectivity index (χ4v) is 2.50. The zero-order valence-electron chi connectivity index (χ0n) is 13.8. The zero-order chi connectivity index (χ0) is 16.9. The third-order valence-corrected chi connectivity index (χ3v) is 3.87. The van der Waals surface area contributed by atoms with Crippen molar-refractivity contribution in [3.63, 3.8) is 0 Å². The molecule has 0 saturated heterocycles. The Hall–Kier alpha value is -3.01. The highest BCUT2D eigenvalue weighted by atomic mass is 16.5. The SMILES string of the molecule is COc1ccc2cc(CNC(=O)Nc3ccc(C)cc3)ccc2c1. The number of carbonyl (C=O) groups is 1. The maximum Gasteiger partial charge on any atom is 0.319 e. The minimum absolute atomic E-state index is 0.214. The molecular weight excluding hydrogens is 300 g/mol. The number of anilines is 1. The van der Waals surface area contributed by atoms with Gasteiger partial charge in [-0.1, -0.05) is 35.9 Å². The van der Waals surface area contributed by atoms with E-state index in [1.165, 1.54) is 0 Å². The molecule has 0 radical (unpaired) electrons. The van der Waals surface area contributed by atoms with Gasteiger partial charge >= 0.3 is 6.03 Å². The van der Waals surface area contributed by atoms with Crippen LogP contribution < -0.4 is 15.4 Å². The van der Waals surface area contributed by atoms with Gasteiger partial charge < -0.3 is 15.4 Å². The third kappa shape index (κ3) is 3.84. The van der Waals surface area contributed by atoms with Crippen LogP contribution in [-0.2, 0) is 6.54 Å². The summed E-state index contributed by atoms with van der Waals surface area (Å²) < 4.78 is 5.23. The van der Waals surface area contributed by atoms with E-state index in [0.717, 1.165) is 33.3 Å². The molecule has 3 aromatic carbocycles. The van der Waals surface area contributed by atoms with Gasteiger partial charge in [0.25, 0.3) is 0 Å². The minimum Gasteiger partial charge on any atom is -0.497 e. The molecule has 3 aromatic rings. The largest absolute Gasteiger partial charge is 0.497 e. The van der Waals surface area contributed by atoms with E-state index in [0.29, 0.717) is 6.54 Å². The van der Waals surface area contributed by atoms with Gasteiger partial charge in [0.2, 0.25) is 0 Å². The Morgan fingerprint density at radius 2 is 1.67 bits per heavy atom. The van der Waals surface area contributed by atoms with Crippen LogP contribution in [0.5, 0.6) is 5.75 Å². The summed E-state index contributed by atoms with van der Waals surface area (Å²) in [6.07, 6.45) is 0. The Morgan fingerprint density at radius 3 is 2.42 bits per heavy atom. The predicted octanol–water partition coefficient (Wildman–Crippen LogP) is 4.48. The summed E-state index contributed by atoms with van der Waals surface area (Å²) in [6, 6.07) is 19.6. The molecule has 0 aliphatic heterocycles. The average Bonchev–Trinajstić information content (AvgIpc) is 2.61. The number of aryl methyl sites for hydroxylation is 1. The highest BCUT2D eigenvalue weighted by Crippen LogP contribution is 2.21. The van der Waals surface area contributed by atoms with Crippen molar-refractivity contribution < 1.29 is 9.53 Å². The van der Waals surface area contributed by atoms with Gasteiger partial charge in [-0.2, -0.15) is 0 Å². The van der Waals surface area contributed by atoms with E-state index in [1.807, 2.05) is 61.5 Å². The molecule has 0 saturated carbocycles. The number of methoxy groups -OCH3 is 1. The molecule has 0 aromatic heterocycles. The first-order chi connectivity index (χ1) is 11.6. The molecule has 122 valence electrons. The highest BCUT2D eigenvalue weighted by Gasteiger charge is 2.03. The minimum atomic E-state index is -0.214. The van der Waals surface area contributed by atoms with Crippen LogP contribution in [0.15, 0.2) is 60.7 Å². The van der Waals surface area contributed by atoms with Gasteiger partial charge in [0.15, 0.2) is 0 Å². The predicted molar refractivity (Wildman–Crippen MR) is 97.5 cm³/mol. The van der Waals surface area contributed by atoms with Gasteiger partial charge in [0, 0.05) is 12.2 Å². The van der Waals surface area contributed by atoms with Crippen LogP contribution in [0.4, 0.5) is 10.5 Å². The van der Waals surface area contributed by atoms with E-state index in [2.05, 4.69) is 16.7 Å². The molecule has 4 nitrogen and oxygen atoms in total. The molecule has 0 spiro atoms. The van der Waals surface area contributed by atoms with E-state index < -0.39 is 0 Å². The molecule has 0 bridgehead atoms. The molecule has 2 N–H and O–H groups in total. The summed E-state index contributed by atoms with van der Waals surface area (Å²) in [7, 11) is 1.66. The van der Waals surface area contributed by atoms with Crippen molar-refractivity contribution >= 4 is 22.5 Å². The first-order valence-electron chi connectivity index (χ1n) is 7.82. The van der Waals surface area contributed by atoms with Crippen molar-refractivity contribution in [2.45, 2.75) is 13.5 Å². The van der Waals surface area contributed by atoms with Gasteiger partial charge in [-0.3, -0.25) is 0 Å². The molecular formula is C20H20N2O2. The van der Waals surface area contributed by atoms with Crippen LogP contribution in [-0.4, -0.2) is 13.1 Å². The Balaban J connectivity index is 1.62. The smallest absolute Gasteiger partial charge is 0.319 e. The number of urea groups is 1. The summed E-state index contributed by atoms with van der Waals surface area (Å²) in [5.41, 5.74) is 2.99. The Kier molecular flexibility index (Phi) is 4.66. The quantitative estimate of drug-likeness (QED) is 0.744. The fourth-order valence-electron chi connectivity index (χ4n) is 2.50. The molecule has 4 heteroatoms. The van der Waals surface area contributed by atoms with E-state index in [9.17, 15) is 4.79 Å². The van der Waals surface area contributed by atoms with Crippen molar-refractivity contribution in [2.75, 3.05) is 12.4 Å². The van der Waals surface area contributed by atoms with Crippen LogP contribution in [0, 0.1) is 6.92 Å². The molecule has 0 atom stereocenters.